The monoisotopic (exact) mass is 488 g/mol. The van der Waals surface area contributed by atoms with Gasteiger partial charge in [-0.25, -0.2) is 9.99 Å². The molecule has 5 rings (SSSR count). The van der Waals surface area contributed by atoms with Crippen LogP contribution in [0.4, 0.5) is 10.8 Å². The molecule has 0 radical (unpaired) electrons. The van der Waals surface area contributed by atoms with Crippen molar-refractivity contribution in [1.82, 2.24) is 4.98 Å². The summed E-state index contributed by atoms with van der Waals surface area (Å²) in [5.74, 6) is 1.18. The Kier molecular flexibility index (Phi) is 6.04. The van der Waals surface area contributed by atoms with Gasteiger partial charge in [0.25, 0.3) is 0 Å². The third-order valence-electron chi connectivity index (χ3n) is 5.21. The van der Waals surface area contributed by atoms with Crippen molar-refractivity contribution in [3.05, 3.63) is 82.9 Å². The second kappa shape index (κ2) is 9.29. The summed E-state index contributed by atoms with van der Waals surface area (Å²) in [6.07, 6.45) is 1.98. The number of anilines is 1. The van der Waals surface area contributed by atoms with Crippen LogP contribution in [0, 0.1) is 0 Å². The number of hydrogen-bond acceptors (Lipinski definition) is 6. The van der Waals surface area contributed by atoms with Crippen LogP contribution >= 0.6 is 22.9 Å². The summed E-state index contributed by atoms with van der Waals surface area (Å²) in [7, 11) is 0. The molecular formula is C26H21ClN4O2S. The molecule has 4 aromatic rings. The van der Waals surface area contributed by atoms with Crippen LogP contribution in [-0.4, -0.2) is 28.2 Å². The van der Waals surface area contributed by atoms with E-state index in [4.69, 9.17) is 26.4 Å². The molecule has 0 aliphatic carbocycles. The number of hydrogen-bond donors (Lipinski definition) is 1. The summed E-state index contributed by atoms with van der Waals surface area (Å²) >= 11 is 7.79. The molecular weight excluding hydrogens is 468 g/mol. The average molecular weight is 489 g/mol. The van der Waals surface area contributed by atoms with E-state index in [1.807, 2.05) is 74.5 Å². The van der Waals surface area contributed by atoms with Crippen molar-refractivity contribution in [2.75, 3.05) is 11.6 Å². The number of ether oxygens (including phenoxy) is 1. The molecule has 1 aliphatic rings. The van der Waals surface area contributed by atoms with Gasteiger partial charge in [-0.3, -0.25) is 0 Å². The number of aromatic nitrogens is 1. The number of phenols is 1. The first-order chi connectivity index (χ1) is 16.5. The van der Waals surface area contributed by atoms with E-state index < -0.39 is 0 Å². The van der Waals surface area contributed by atoms with Crippen molar-refractivity contribution in [2.24, 2.45) is 10.1 Å². The predicted molar refractivity (Wildman–Crippen MR) is 141 cm³/mol. The molecule has 8 heteroatoms. The van der Waals surface area contributed by atoms with Crippen molar-refractivity contribution in [2.45, 2.75) is 13.8 Å². The highest BCUT2D eigenvalue weighted by Gasteiger charge is 2.28. The summed E-state index contributed by atoms with van der Waals surface area (Å²) in [5.41, 5.74) is 4.20. The minimum atomic E-state index is 0.102. The van der Waals surface area contributed by atoms with Gasteiger partial charge in [-0.05, 0) is 68.0 Å². The number of para-hydroxylation sites is 1. The number of fused-ring (bicyclic) bond motifs is 1. The van der Waals surface area contributed by atoms with Gasteiger partial charge < -0.3 is 9.84 Å². The van der Waals surface area contributed by atoms with Crippen molar-refractivity contribution in [3.63, 3.8) is 0 Å². The SMILES string of the molecule is CCOc1cc(/C=C2\C(C)=NN(c3cccc(Cl)c3)\C2=N\c2nc3ccccc3s2)ccc1O. The highest BCUT2D eigenvalue weighted by Crippen LogP contribution is 2.34. The number of aromatic hydroxyl groups is 1. The topological polar surface area (TPSA) is 70.3 Å². The number of thiazole rings is 1. The van der Waals surface area contributed by atoms with Gasteiger partial charge in [0.1, 0.15) is 0 Å². The van der Waals surface area contributed by atoms with E-state index in [0.29, 0.717) is 28.3 Å². The summed E-state index contributed by atoms with van der Waals surface area (Å²) in [6, 6.07) is 20.7. The number of aliphatic imine (C=N–C) groups is 1. The number of amidine groups is 1. The Bertz CT molecular complexity index is 1440. The molecule has 1 N–H and O–H groups in total. The Balaban J connectivity index is 1.64. The zero-order valence-corrected chi connectivity index (χ0v) is 20.1. The molecule has 0 fully saturated rings. The fourth-order valence-corrected chi connectivity index (χ4v) is 4.67. The quantitative estimate of drug-likeness (QED) is 0.326. The maximum atomic E-state index is 10.1. The number of benzene rings is 3. The Morgan fingerprint density at radius 3 is 2.76 bits per heavy atom. The molecule has 0 unspecified atom stereocenters. The molecule has 0 amide bonds. The van der Waals surface area contributed by atoms with Crippen LogP contribution in [0.15, 0.2) is 82.4 Å². The molecule has 6 nitrogen and oxygen atoms in total. The van der Waals surface area contributed by atoms with Gasteiger partial charge in [-0.15, -0.1) is 0 Å². The standard InChI is InChI=1S/C26H21ClN4O2S/c1-3-33-23-14-17(11-12-22(23)32)13-20-16(2)30-31(19-8-6-7-18(27)15-19)25(20)29-26-28-21-9-4-5-10-24(21)34-26/h4-15,32H,3H2,1-2H3/b20-13+,29-25+. The van der Waals surface area contributed by atoms with E-state index in [-0.39, 0.29) is 5.75 Å². The van der Waals surface area contributed by atoms with Crippen molar-refractivity contribution in [3.8, 4) is 11.5 Å². The molecule has 170 valence electrons. The van der Waals surface area contributed by atoms with E-state index in [0.717, 1.165) is 32.8 Å². The zero-order valence-electron chi connectivity index (χ0n) is 18.6. The Morgan fingerprint density at radius 2 is 1.97 bits per heavy atom. The minimum absolute atomic E-state index is 0.102. The summed E-state index contributed by atoms with van der Waals surface area (Å²) in [4.78, 5) is 9.62. The fraction of sp³-hybridized carbons (Fsp3) is 0.115. The maximum absolute atomic E-state index is 10.1. The molecule has 2 heterocycles. The highest BCUT2D eigenvalue weighted by molar-refractivity contribution is 7.22. The number of halogens is 1. The van der Waals surface area contributed by atoms with Crippen molar-refractivity contribution in [1.29, 1.82) is 0 Å². The molecule has 3 aromatic carbocycles. The number of nitrogens with zero attached hydrogens (tertiary/aromatic N) is 4. The summed E-state index contributed by atoms with van der Waals surface area (Å²) in [5, 5.41) is 17.9. The van der Waals surface area contributed by atoms with Crippen molar-refractivity contribution >= 4 is 61.6 Å². The van der Waals surface area contributed by atoms with Crippen LogP contribution in [0.5, 0.6) is 11.5 Å². The molecule has 1 aliphatic heterocycles. The molecule has 0 saturated heterocycles. The number of rotatable bonds is 5. The van der Waals surface area contributed by atoms with Crippen molar-refractivity contribution < 1.29 is 9.84 Å². The molecule has 0 bridgehead atoms. The first kappa shape index (κ1) is 22.1. The lowest BCUT2D eigenvalue weighted by molar-refractivity contribution is 0.318. The van der Waals surface area contributed by atoms with Gasteiger partial charge in [0.15, 0.2) is 17.3 Å². The van der Waals surface area contributed by atoms with Gasteiger partial charge in [0, 0.05) is 10.6 Å². The Labute approximate surface area is 206 Å². The van der Waals surface area contributed by atoms with Crippen LogP contribution in [0.25, 0.3) is 16.3 Å². The highest BCUT2D eigenvalue weighted by atomic mass is 35.5. The molecule has 0 atom stereocenters. The number of phenolic OH excluding ortho intramolecular Hbond substituents is 1. The molecule has 34 heavy (non-hydrogen) atoms. The van der Waals surface area contributed by atoms with E-state index in [1.165, 1.54) is 11.3 Å². The van der Waals surface area contributed by atoms with E-state index >= 15 is 0 Å². The fourth-order valence-electron chi connectivity index (χ4n) is 3.65. The first-order valence-electron chi connectivity index (χ1n) is 10.8. The lowest BCUT2D eigenvalue weighted by Crippen LogP contribution is -2.21. The lowest BCUT2D eigenvalue weighted by atomic mass is 10.1. The van der Waals surface area contributed by atoms with Crippen LogP contribution in [0.1, 0.15) is 19.4 Å². The van der Waals surface area contributed by atoms with E-state index in [9.17, 15) is 5.11 Å². The van der Waals surface area contributed by atoms with Gasteiger partial charge in [-0.2, -0.15) is 10.1 Å². The normalized spacial score (nSPS) is 16.0. The summed E-state index contributed by atoms with van der Waals surface area (Å²) < 4.78 is 6.62. The zero-order chi connectivity index (χ0) is 23.7. The van der Waals surface area contributed by atoms with Crippen LogP contribution < -0.4 is 9.75 Å². The Hall–Kier alpha value is -3.68. The average Bonchev–Trinajstić information content (AvgIpc) is 3.37. The lowest BCUT2D eigenvalue weighted by Gasteiger charge is -2.16. The van der Waals surface area contributed by atoms with E-state index in [1.54, 1.807) is 17.1 Å². The molecule has 0 spiro atoms. The second-order valence-corrected chi connectivity index (χ2v) is 9.04. The van der Waals surface area contributed by atoms with Gasteiger partial charge >= 0.3 is 0 Å². The van der Waals surface area contributed by atoms with Crippen LogP contribution in [-0.2, 0) is 0 Å². The molecule has 0 saturated carbocycles. The third-order valence-corrected chi connectivity index (χ3v) is 6.38. The molecule has 1 aromatic heterocycles. The van der Waals surface area contributed by atoms with Gasteiger partial charge in [0.05, 0.1) is 28.2 Å². The number of hydrazone groups is 1. The Morgan fingerprint density at radius 1 is 1.12 bits per heavy atom. The smallest absolute Gasteiger partial charge is 0.212 e. The third kappa shape index (κ3) is 4.40. The second-order valence-electron chi connectivity index (χ2n) is 7.59. The van der Waals surface area contributed by atoms with Crippen LogP contribution in [0.3, 0.4) is 0 Å². The maximum Gasteiger partial charge on any atom is 0.212 e. The van der Waals surface area contributed by atoms with E-state index in [2.05, 4.69) is 4.98 Å². The minimum Gasteiger partial charge on any atom is -0.504 e. The van der Waals surface area contributed by atoms with Crippen LogP contribution in [0.2, 0.25) is 5.02 Å². The largest absolute Gasteiger partial charge is 0.504 e. The van der Waals surface area contributed by atoms with Gasteiger partial charge in [-0.1, -0.05) is 47.2 Å². The predicted octanol–water partition coefficient (Wildman–Crippen LogP) is 7.06. The van der Waals surface area contributed by atoms with Gasteiger partial charge in [0.2, 0.25) is 5.13 Å². The summed E-state index contributed by atoms with van der Waals surface area (Å²) in [6.45, 7) is 4.28. The first-order valence-corrected chi connectivity index (χ1v) is 11.9.